The van der Waals surface area contributed by atoms with Crippen LogP contribution in [0.25, 0.3) is 0 Å². The molecule has 1 nitrogen and oxygen atoms in total. The maximum Gasteiger partial charge on any atom is 1.00 e. The zero-order valence-corrected chi connectivity index (χ0v) is 10.7. The first-order valence-electron chi connectivity index (χ1n) is 4.93. The van der Waals surface area contributed by atoms with Crippen LogP contribution >= 0.6 is 0 Å². The standard InChI is InChI=1S/C13H13OSi.Li/c1-14-15(12-8-4-2-5-9-12)13-10-6-3-7-11-13;/h2-11H,1H3;/q-1;+1. The molecule has 2 rings (SSSR count). The molecular formula is C13H13LiOSi. The molecular weight excluding hydrogens is 207 g/mol. The van der Waals surface area contributed by atoms with Crippen LogP contribution in [-0.4, -0.2) is 16.2 Å². The molecule has 0 atom stereocenters. The van der Waals surface area contributed by atoms with Gasteiger partial charge in [-0.25, -0.2) is 0 Å². The Bertz CT molecular complexity index is 365. The van der Waals surface area contributed by atoms with E-state index < -0.39 is 9.04 Å². The van der Waals surface area contributed by atoms with Crippen LogP contribution in [0, 0.1) is 0 Å². The monoisotopic (exact) mass is 220 g/mol. The summed E-state index contributed by atoms with van der Waals surface area (Å²) in [6.07, 6.45) is 0. The van der Waals surface area contributed by atoms with Crippen LogP contribution in [0.1, 0.15) is 0 Å². The predicted octanol–water partition coefficient (Wildman–Crippen LogP) is -1.56. The topological polar surface area (TPSA) is 9.23 Å². The third-order valence-corrected chi connectivity index (χ3v) is 4.40. The first kappa shape index (κ1) is 13.3. The maximum absolute atomic E-state index is 5.62. The van der Waals surface area contributed by atoms with Crippen LogP contribution in [0.4, 0.5) is 0 Å². The second-order valence-corrected chi connectivity index (χ2v) is 5.49. The van der Waals surface area contributed by atoms with E-state index in [4.69, 9.17) is 4.43 Å². The molecule has 0 aliphatic heterocycles. The van der Waals surface area contributed by atoms with E-state index in [0.717, 1.165) is 0 Å². The Morgan fingerprint density at radius 2 is 1.12 bits per heavy atom. The first-order chi connectivity index (χ1) is 7.42. The fourth-order valence-corrected chi connectivity index (χ4v) is 3.38. The predicted molar refractivity (Wildman–Crippen MR) is 64.9 cm³/mol. The summed E-state index contributed by atoms with van der Waals surface area (Å²) in [5.41, 5.74) is 0. The van der Waals surface area contributed by atoms with Gasteiger partial charge in [-0.3, -0.25) is 0 Å². The van der Waals surface area contributed by atoms with E-state index in [1.165, 1.54) is 10.4 Å². The Kier molecular flexibility index (Phi) is 5.58. The van der Waals surface area contributed by atoms with Crippen molar-refractivity contribution in [3.8, 4) is 0 Å². The van der Waals surface area contributed by atoms with Gasteiger partial charge < -0.3 is 4.43 Å². The van der Waals surface area contributed by atoms with Crippen molar-refractivity contribution in [3.05, 3.63) is 60.7 Å². The average Bonchev–Trinajstić information content (AvgIpc) is 2.33. The van der Waals surface area contributed by atoms with Gasteiger partial charge in [0.2, 0.25) is 0 Å². The molecule has 0 amide bonds. The van der Waals surface area contributed by atoms with E-state index in [1.807, 2.05) is 12.1 Å². The van der Waals surface area contributed by atoms with Crippen molar-refractivity contribution in [3.63, 3.8) is 0 Å². The molecule has 0 fully saturated rings. The van der Waals surface area contributed by atoms with Crippen molar-refractivity contribution < 1.29 is 23.3 Å². The fraction of sp³-hybridized carbons (Fsp3) is 0.0769. The van der Waals surface area contributed by atoms with Gasteiger partial charge in [-0.1, -0.05) is 60.7 Å². The number of hydrogen-bond donors (Lipinski definition) is 0. The second-order valence-electron chi connectivity index (χ2n) is 3.27. The number of rotatable bonds is 3. The molecule has 76 valence electrons. The molecule has 0 radical (unpaired) electrons. The van der Waals surface area contributed by atoms with Crippen molar-refractivity contribution in [2.24, 2.45) is 0 Å². The molecule has 16 heavy (non-hydrogen) atoms. The average molecular weight is 220 g/mol. The van der Waals surface area contributed by atoms with Crippen molar-refractivity contribution in [1.82, 2.24) is 0 Å². The normalized spacial score (nSPS) is 9.31. The summed E-state index contributed by atoms with van der Waals surface area (Å²) in [4.78, 5) is 0. The molecule has 0 spiro atoms. The molecule has 0 saturated carbocycles. The van der Waals surface area contributed by atoms with Crippen LogP contribution in [-0.2, 0) is 4.43 Å². The molecule has 0 aliphatic carbocycles. The second kappa shape index (κ2) is 6.72. The molecule has 0 bridgehead atoms. The largest absolute Gasteiger partial charge is 1.00 e. The minimum Gasteiger partial charge on any atom is -0.561 e. The van der Waals surface area contributed by atoms with Gasteiger partial charge in [0.15, 0.2) is 0 Å². The van der Waals surface area contributed by atoms with Crippen molar-refractivity contribution in [2.75, 3.05) is 7.11 Å². The Labute approximate surface area is 110 Å². The van der Waals surface area contributed by atoms with Crippen LogP contribution in [0.2, 0.25) is 0 Å². The molecule has 0 aromatic heterocycles. The van der Waals surface area contributed by atoms with Crippen LogP contribution in [0.15, 0.2) is 60.7 Å². The van der Waals surface area contributed by atoms with Gasteiger partial charge in [0.05, 0.1) is 0 Å². The summed E-state index contributed by atoms with van der Waals surface area (Å²) in [5, 5.41) is 2.58. The summed E-state index contributed by atoms with van der Waals surface area (Å²) < 4.78 is 5.62. The van der Waals surface area contributed by atoms with E-state index in [2.05, 4.69) is 48.5 Å². The van der Waals surface area contributed by atoms with Gasteiger partial charge in [0, 0.05) is 0 Å². The van der Waals surface area contributed by atoms with E-state index in [9.17, 15) is 0 Å². The fourth-order valence-electron chi connectivity index (χ4n) is 1.58. The van der Waals surface area contributed by atoms with Gasteiger partial charge in [-0.15, -0.1) is 9.04 Å². The third kappa shape index (κ3) is 3.10. The van der Waals surface area contributed by atoms with Gasteiger partial charge in [0.25, 0.3) is 0 Å². The molecule has 0 saturated heterocycles. The SMILES string of the molecule is CO[Si-](c1ccccc1)c1ccccc1.[Li+]. The van der Waals surface area contributed by atoms with Crippen molar-refractivity contribution in [2.45, 2.75) is 0 Å². The quantitative estimate of drug-likeness (QED) is 0.569. The molecule has 2 aromatic carbocycles. The summed E-state index contributed by atoms with van der Waals surface area (Å²) >= 11 is 0. The Balaban J connectivity index is 0.00000128. The summed E-state index contributed by atoms with van der Waals surface area (Å²) in [6, 6.07) is 20.8. The van der Waals surface area contributed by atoms with Crippen molar-refractivity contribution in [1.29, 1.82) is 0 Å². The molecule has 0 unspecified atom stereocenters. The van der Waals surface area contributed by atoms with E-state index >= 15 is 0 Å². The van der Waals surface area contributed by atoms with Gasteiger partial charge >= 0.3 is 18.9 Å². The Morgan fingerprint density at radius 3 is 1.44 bits per heavy atom. The number of benzene rings is 2. The molecule has 0 aliphatic rings. The van der Waals surface area contributed by atoms with E-state index in [1.54, 1.807) is 7.11 Å². The zero-order valence-electron chi connectivity index (χ0n) is 9.68. The Morgan fingerprint density at radius 1 is 0.750 bits per heavy atom. The van der Waals surface area contributed by atoms with Gasteiger partial charge in [-0.05, 0) is 7.11 Å². The third-order valence-electron chi connectivity index (χ3n) is 2.28. The Hall–Kier alpha value is -0.786. The molecule has 0 N–H and O–H groups in total. The number of hydrogen-bond acceptors (Lipinski definition) is 1. The summed E-state index contributed by atoms with van der Waals surface area (Å²) in [5.74, 6) is 0. The van der Waals surface area contributed by atoms with Crippen LogP contribution in [0.3, 0.4) is 0 Å². The molecule has 2 aromatic rings. The molecule has 3 heteroatoms. The maximum atomic E-state index is 5.62. The smallest absolute Gasteiger partial charge is 0.561 e. The van der Waals surface area contributed by atoms with Crippen molar-refractivity contribution >= 4 is 19.4 Å². The molecule has 0 heterocycles. The van der Waals surface area contributed by atoms with Gasteiger partial charge in [-0.2, -0.15) is 10.4 Å². The van der Waals surface area contributed by atoms with Gasteiger partial charge in [0.1, 0.15) is 0 Å². The van der Waals surface area contributed by atoms with E-state index in [0.29, 0.717) is 0 Å². The minimum atomic E-state index is -1.04. The van der Waals surface area contributed by atoms with Crippen LogP contribution < -0.4 is 29.2 Å². The minimum absolute atomic E-state index is 0. The zero-order chi connectivity index (χ0) is 10.5. The van der Waals surface area contributed by atoms with E-state index in [-0.39, 0.29) is 18.9 Å². The van der Waals surface area contributed by atoms with Crippen LogP contribution in [0.5, 0.6) is 0 Å². The summed E-state index contributed by atoms with van der Waals surface area (Å²) in [6.45, 7) is 0. The first-order valence-corrected chi connectivity index (χ1v) is 6.34. The summed E-state index contributed by atoms with van der Waals surface area (Å²) in [7, 11) is 0.747.